The lowest BCUT2D eigenvalue weighted by Gasteiger charge is -2.35. The highest BCUT2D eigenvalue weighted by Gasteiger charge is 2.19. The zero-order valence-corrected chi connectivity index (χ0v) is 17.5. The van der Waals surface area contributed by atoms with Crippen LogP contribution in [0.1, 0.15) is 5.56 Å². The highest BCUT2D eigenvalue weighted by molar-refractivity contribution is 5.93. The maximum Gasteiger partial charge on any atom is 0.321 e. The summed E-state index contributed by atoms with van der Waals surface area (Å²) in [6.07, 6.45) is 7.32. The topological polar surface area (TPSA) is 136 Å². The van der Waals surface area contributed by atoms with Crippen molar-refractivity contribution in [1.82, 2.24) is 25.6 Å². The van der Waals surface area contributed by atoms with E-state index >= 15 is 0 Å². The highest BCUT2D eigenvalue weighted by atomic mass is 16.2. The molecule has 0 saturated carbocycles. The number of rotatable bonds is 5. The number of nitrogens with zero attached hydrogens (tertiary/aromatic N) is 5. The molecule has 1 aliphatic heterocycles. The van der Waals surface area contributed by atoms with Gasteiger partial charge in [0.2, 0.25) is 5.95 Å². The molecule has 2 amide bonds. The van der Waals surface area contributed by atoms with E-state index in [-0.39, 0.29) is 0 Å². The fourth-order valence-corrected chi connectivity index (χ4v) is 3.55. The van der Waals surface area contributed by atoms with Crippen molar-refractivity contribution in [3.63, 3.8) is 0 Å². The molecule has 1 aliphatic rings. The average molecular weight is 432 g/mol. The van der Waals surface area contributed by atoms with Gasteiger partial charge in [-0.1, -0.05) is 18.2 Å². The maximum absolute atomic E-state index is 11.6. The molecule has 3 aromatic rings. The van der Waals surface area contributed by atoms with Gasteiger partial charge in [0.15, 0.2) is 5.96 Å². The van der Waals surface area contributed by atoms with Crippen LogP contribution in [0.4, 0.5) is 16.4 Å². The summed E-state index contributed by atoms with van der Waals surface area (Å²) >= 11 is 0. The van der Waals surface area contributed by atoms with E-state index in [4.69, 9.17) is 11.1 Å². The molecule has 1 aromatic carbocycles. The number of pyridine rings is 1. The van der Waals surface area contributed by atoms with Gasteiger partial charge in [-0.25, -0.2) is 14.8 Å². The van der Waals surface area contributed by atoms with Crippen molar-refractivity contribution in [2.75, 3.05) is 36.0 Å². The van der Waals surface area contributed by atoms with Crippen LogP contribution in [-0.4, -0.2) is 53.1 Å². The standard InChI is InChI=1S/C22H25N9O/c23-20(24)29-22(32)28-12-16-3-1-4-17(11-16)18-13-26-21(27-14-18)31-9-7-30(8-10-31)19-5-2-6-25-15-19/h1-6,11,13-15H,7-10,12H2,(H5,23,24,28,29,32). The number of guanidine groups is 1. The van der Waals surface area contributed by atoms with Gasteiger partial charge in [-0.15, -0.1) is 0 Å². The van der Waals surface area contributed by atoms with E-state index in [2.05, 4.69) is 41.5 Å². The number of hydrogen-bond acceptors (Lipinski definition) is 7. The molecular formula is C22H25N9O. The van der Waals surface area contributed by atoms with Gasteiger partial charge < -0.3 is 20.9 Å². The Hall–Kier alpha value is -4.21. The van der Waals surface area contributed by atoms with Crippen molar-refractivity contribution >= 4 is 23.6 Å². The van der Waals surface area contributed by atoms with Crippen LogP contribution >= 0.6 is 0 Å². The second-order valence-electron chi connectivity index (χ2n) is 7.38. The molecule has 0 bridgehead atoms. The summed E-state index contributed by atoms with van der Waals surface area (Å²) < 4.78 is 0. The molecule has 1 saturated heterocycles. The summed E-state index contributed by atoms with van der Waals surface area (Å²) in [4.78, 5) is 29.5. The molecule has 2 aromatic heterocycles. The number of nitrogens with one attached hydrogen (secondary N) is 3. The van der Waals surface area contributed by atoms with E-state index in [1.807, 2.05) is 48.9 Å². The van der Waals surface area contributed by atoms with Gasteiger partial charge in [-0.3, -0.25) is 15.7 Å². The van der Waals surface area contributed by atoms with E-state index in [9.17, 15) is 4.79 Å². The van der Waals surface area contributed by atoms with E-state index < -0.39 is 12.0 Å². The first kappa shape index (κ1) is 21.0. The summed E-state index contributed by atoms with van der Waals surface area (Å²) in [5.74, 6) is 0.324. The number of urea groups is 1. The van der Waals surface area contributed by atoms with Gasteiger partial charge in [-0.2, -0.15) is 0 Å². The number of anilines is 2. The van der Waals surface area contributed by atoms with Crippen molar-refractivity contribution in [3.8, 4) is 11.1 Å². The van der Waals surface area contributed by atoms with E-state index in [1.54, 1.807) is 6.20 Å². The van der Waals surface area contributed by atoms with Crippen LogP contribution in [0.25, 0.3) is 11.1 Å². The molecule has 32 heavy (non-hydrogen) atoms. The third-order valence-corrected chi connectivity index (χ3v) is 5.17. The zero-order chi connectivity index (χ0) is 22.3. The molecule has 0 aliphatic carbocycles. The number of carbonyl (C=O) groups excluding carboxylic acids is 1. The smallest absolute Gasteiger partial charge is 0.321 e. The maximum atomic E-state index is 11.6. The number of aromatic nitrogens is 3. The molecule has 1 fully saturated rings. The van der Waals surface area contributed by atoms with Crippen molar-refractivity contribution < 1.29 is 4.79 Å². The number of hydrogen-bond donors (Lipinski definition) is 4. The SMILES string of the molecule is N=C(N)NC(=O)NCc1cccc(-c2cnc(N3CCN(c4cccnc4)CC3)nc2)c1. The molecule has 5 N–H and O–H groups in total. The Bertz CT molecular complexity index is 1060. The Morgan fingerprint density at radius 2 is 1.75 bits per heavy atom. The first-order valence-electron chi connectivity index (χ1n) is 10.3. The molecule has 0 radical (unpaired) electrons. The van der Waals surface area contributed by atoms with Crippen LogP contribution in [0.5, 0.6) is 0 Å². The Balaban J connectivity index is 1.36. The first-order valence-corrected chi connectivity index (χ1v) is 10.3. The predicted molar refractivity (Wildman–Crippen MR) is 123 cm³/mol. The minimum atomic E-state index is -0.515. The molecule has 3 heterocycles. The first-order chi connectivity index (χ1) is 15.6. The predicted octanol–water partition coefficient (Wildman–Crippen LogP) is 1.56. The number of nitrogens with two attached hydrogens (primary N) is 1. The average Bonchev–Trinajstić information content (AvgIpc) is 2.83. The van der Waals surface area contributed by atoms with Gasteiger partial charge >= 0.3 is 6.03 Å². The number of amides is 2. The second kappa shape index (κ2) is 9.73. The van der Waals surface area contributed by atoms with Gasteiger partial charge in [0.1, 0.15) is 0 Å². The molecule has 0 atom stereocenters. The molecule has 164 valence electrons. The summed E-state index contributed by atoms with van der Waals surface area (Å²) in [6, 6.07) is 11.3. The summed E-state index contributed by atoms with van der Waals surface area (Å²) in [5.41, 5.74) is 9.06. The third kappa shape index (κ3) is 5.28. The number of benzene rings is 1. The minimum Gasteiger partial charge on any atom is -0.370 e. The molecule has 10 nitrogen and oxygen atoms in total. The monoisotopic (exact) mass is 431 g/mol. The molecule has 0 spiro atoms. The molecule has 10 heteroatoms. The van der Waals surface area contributed by atoms with Crippen LogP contribution in [0.15, 0.2) is 61.2 Å². The van der Waals surface area contributed by atoms with Crippen LogP contribution in [0.3, 0.4) is 0 Å². The number of carbonyl (C=O) groups is 1. The number of piperazine rings is 1. The van der Waals surface area contributed by atoms with Crippen molar-refractivity contribution in [2.24, 2.45) is 5.73 Å². The van der Waals surface area contributed by atoms with Gasteiger partial charge in [-0.05, 0) is 29.3 Å². The lowest BCUT2D eigenvalue weighted by Crippen LogP contribution is -2.47. The zero-order valence-electron chi connectivity index (χ0n) is 17.5. The highest BCUT2D eigenvalue weighted by Crippen LogP contribution is 2.22. The van der Waals surface area contributed by atoms with Crippen molar-refractivity contribution in [2.45, 2.75) is 6.54 Å². The quantitative estimate of drug-likeness (QED) is 0.355. The van der Waals surface area contributed by atoms with Crippen molar-refractivity contribution in [1.29, 1.82) is 5.41 Å². The fraction of sp³-hybridized carbons (Fsp3) is 0.227. The summed E-state index contributed by atoms with van der Waals surface area (Å²) in [7, 11) is 0. The normalized spacial score (nSPS) is 13.5. The van der Waals surface area contributed by atoms with Gasteiger partial charge in [0, 0.05) is 56.9 Å². The second-order valence-corrected chi connectivity index (χ2v) is 7.38. The van der Waals surface area contributed by atoms with E-state index in [1.165, 1.54) is 0 Å². The summed E-state index contributed by atoms with van der Waals surface area (Å²) in [5, 5.41) is 11.9. The van der Waals surface area contributed by atoms with Crippen LogP contribution < -0.4 is 26.2 Å². The van der Waals surface area contributed by atoms with E-state index in [0.29, 0.717) is 6.54 Å². The lowest BCUT2D eigenvalue weighted by atomic mass is 10.1. The summed E-state index contributed by atoms with van der Waals surface area (Å²) in [6.45, 7) is 3.79. The molecule has 4 rings (SSSR count). The molecular weight excluding hydrogens is 406 g/mol. The van der Waals surface area contributed by atoms with Crippen LogP contribution in [0.2, 0.25) is 0 Å². The van der Waals surface area contributed by atoms with E-state index in [0.717, 1.165) is 54.5 Å². The third-order valence-electron chi connectivity index (χ3n) is 5.17. The largest absolute Gasteiger partial charge is 0.370 e. The Morgan fingerprint density at radius 1 is 1.00 bits per heavy atom. The Morgan fingerprint density at radius 3 is 2.44 bits per heavy atom. The lowest BCUT2D eigenvalue weighted by molar-refractivity contribution is 0.245. The van der Waals surface area contributed by atoms with Crippen LogP contribution in [0, 0.1) is 5.41 Å². The fourth-order valence-electron chi connectivity index (χ4n) is 3.55. The Kier molecular flexibility index (Phi) is 6.40. The van der Waals surface area contributed by atoms with Crippen LogP contribution in [-0.2, 0) is 6.54 Å². The minimum absolute atomic E-state index is 0.313. The Labute approximate surface area is 186 Å². The van der Waals surface area contributed by atoms with Gasteiger partial charge in [0.05, 0.1) is 11.9 Å². The molecule has 0 unspecified atom stereocenters. The van der Waals surface area contributed by atoms with Gasteiger partial charge in [0.25, 0.3) is 0 Å². The van der Waals surface area contributed by atoms with Crippen molar-refractivity contribution in [3.05, 3.63) is 66.7 Å².